The van der Waals surface area contributed by atoms with Crippen molar-refractivity contribution in [2.75, 3.05) is 33.2 Å². The van der Waals surface area contributed by atoms with Crippen LogP contribution < -0.4 is 5.32 Å². The van der Waals surface area contributed by atoms with Crippen molar-refractivity contribution in [1.82, 2.24) is 10.2 Å². The summed E-state index contributed by atoms with van der Waals surface area (Å²) in [7, 11) is 2.27. The van der Waals surface area contributed by atoms with Crippen LogP contribution in [0.15, 0.2) is 17.5 Å². The summed E-state index contributed by atoms with van der Waals surface area (Å²) in [6.45, 7) is 13.9. The molecule has 0 saturated carbocycles. The van der Waals surface area contributed by atoms with Crippen LogP contribution in [0.1, 0.15) is 45.4 Å². The standard InChI is InChI=1S/C18H34N2S/c1-6-18(7-2,14-19-13-16(3)4)15-20(5)11-10-17-9-8-12-21-17/h8-9,12,16,19H,6-7,10-11,13-15H2,1-5H3. The first-order chi connectivity index (χ1) is 10.0. The van der Waals surface area contributed by atoms with Gasteiger partial charge in [0.15, 0.2) is 0 Å². The summed E-state index contributed by atoms with van der Waals surface area (Å²) < 4.78 is 0. The average molecular weight is 311 g/mol. The smallest absolute Gasteiger partial charge is 0.00579 e. The molecular weight excluding hydrogens is 276 g/mol. The number of thiophene rings is 1. The van der Waals surface area contributed by atoms with Gasteiger partial charge in [0, 0.05) is 24.5 Å². The monoisotopic (exact) mass is 310 g/mol. The minimum absolute atomic E-state index is 0.416. The molecule has 0 amide bonds. The van der Waals surface area contributed by atoms with Gasteiger partial charge in [-0.25, -0.2) is 0 Å². The molecule has 0 fully saturated rings. The quantitative estimate of drug-likeness (QED) is 0.656. The molecule has 0 radical (unpaired) electrons. The molecule has 1 rings (SSSR count). The molecule has 0 aromatic carbocycles. The fourth-order valence-electron chi connectivity index (χ4n) is 2.81. The zero-order valence-corrected chi connectivity index (χ0v) is 15.4. The van der Waals surface area contributed by atoms with Crippen LogP contribution in [0.4, 0.5) is 0 Å². The Balaban J connectivity index is 2.43. The van der Waals surface area contributed by atoms with Gasteiger partial charge < -0.3 is 10.2 Å². The third kappa shape index (κ3) is 6.94. The molecule has 0 unspecified atom stereocenters. The van der Waals surface area contributed by atoms with Crippen molar-refractivity contribution in [3.05, 3.63) is 22.4 Å². The SMILES string of the molecule is CCC(CC)(CNCC(C)C)CN(C)CCc1cccs1. The van der Waals surface area contributed by atoms with Crippen LogP contribution in [0.5, 0.6) is 0 Å². The van der Waals surface area contributed by atoms with Gasteiger partial charge >= 0.3 is 0 Å². The fourth-order valence-corrected chi connectivity index (χ4v) is 3.51. The topological polar surface area (TPSA) is 15.3 Å². The molecule has 0 aliphatic heterocycles. The van der Waals surface area contributed by atoms with Crippen molar-refractivity contribution in [3.63, 3.8) is 0 Å². The lowest BCUT2D eigenvalue weighted by molar-refractivity contribution is 0.155. The molecule has 1 aromatic heterocycles. The van der Waals surface area contributed by atoms with E-state index >= 15 is 0 Å². The first-order valence-electron chi connectivity index (χ1n) is 8.43. The summed E-state index contributed by atoms with van der Waals surface area (Å²) in [5, 5.41) is 5.85. The number of rotatable bonds is 11. The Morgan fingerprint density at radius 3 is 2.52 bits per heavy atom. The summed E-state index contributed by atoms with van der Waals surface area (Å²) >= 11 is 1.87. The van der Waals surface area contributed by atoms with Crippen LogP contribution in [0.3, 0.4) is 0 Å². The lowest BCUT2D eigenvalue weighted by atomic mass is 9.81. The second-order valence-electron chi connectivity index (χ2n) is 6.80. The molecule has 3 heteroatoms. The first kappa shape index (κ1) is 18.7. The van der Waals surface area contributed by atoms with Crippen molar-refractivity contribution in [2.45, 2.75) is 47.0 Å². The average Bonchev–Trinajstić information content (AvgIpc) is 2.97. The molecule has 0 spiro atoms. The van der Waals surface area contributed by atoms with Gasteiger partial charge in [-0.1, -0.05) is 33.8 Å². The molecule has 122 valence electrons. The molecule has 1 heterocycles. The van der Waals surface area contributed by atoms with Gasteiger partial charge in [-0.05, 0) is 55.6 Å². The van der Waals surface area contributed by atoms with E-state index in [1.807, 2.05) is 11.3 Å². The summed E-state index contributed by atoms with van der Waals surface area (Å²) in [5.41, 5.74) is 0.416. The first-order valence-corrected chi connectivity index (χ1v) is 9.31. The second kappa shape index (κ2) is 9.60. The highest BCUT2D eigenvalue weighted by Gasteiger charge is 2.27. The van der Waals surface area contributed by atoms with Crippen LogP contribution in [-0.4, -0.2) is 38.1 Å². The maximum atomic E-state index is 3.68. The molecule has 0 atom stereocenters. The van der Waals surface area contributed by atoms with Crippen LogP contribution in [0.25, 0.3) is 0 Å². The molecule has 1 N–H and O–H groups in total. The Bertz CT molecular complexity index is 355. The van der Waals surface area contributed by atoms with Gasteiger partial charge in [-0.15, -0.1) is 11.3 Å². The molecule has 1 aromatic rings. The molecule has 0 bridgehead atoms. The number of nitrogens with zero attached hydrogens (tertiary/aromatic N) is 1. The lowest BCUT2D eigenvalue weighted by Crippen LogP contribution is -2.43. The summed E-state index contributed by atoms with van der Waals surface area (Å²) in [6.07, 6.45) is 3.67. The molecule has 0 aliphatic rings. The van der Waals surface area contributed by atoms with Crippen LogP contribution in [0.2, 0.25) is 0 Å². The Kier molecular flexibility index (Phi) is 8.53. The number of hydrogen-bond donors (Lipinski definition) is 1. The van der Waals surface area contributed by atoms with Crippen molar-refractivity contribution in [3.8, 4) is 0 Å². The van der Waals surface area contributed by atoms with Crippen LogP contribution in [-0.2, 0) is 6.42 Å². The summed E-state index contributed by atoms with van der Waals surface area (Å²) in [5.74, 6) is 0.730. The summed E-state index contributed by atoms with van der Waals surface area (Å²) in [4.78, 5) is 4.02. The van der Waals surface area contributed by atoms with Crippen molar-refractivity contribution in [2.24, 2.45) is 11.3 Å². The number of hydrogen-bond acceptors (Lipinski definition) is 3. The van der Waals surface area contributed by atoms with Gasteiger partial charge in [-0.2, -0.15) is 0 Å². The highest BCUT2D eigenvalue weighted by Crippen LogP contribution is 2.26. The van der Waals surface area contributed by atoms with E-state index in [9.17, 15) is 0 Å². The van der Waals surface area contributed by atoms with E-state index < -0.39 is 0 Å². The highest BCUT2D eigenvalue weighted by molar-refractivity contribution is 7.09. The maximum absolute atomic E-state index is 3.68. The van der Waals surface area contributed by atoms with E-state index in [1.165, 1.54) is 30.7 Å². The van der Waals surface area contributed by atoms with Gasteiger partial charge in [0.1, 0.15) is 0 Å². The number of nitrogens with one attached hydrogen (secondary N) is 1. The van der Waals surface area contributed by atoms with Crippen LogP contribution in [0, 0.1) is 11.3 Å². The third-order valence-corrected chi connectivity index (χ3v) is 5.41. The third-order valence-electron chi connectivity index (χ3n) is 4.48. The van der Waals surface area contributed by atoms with E-state index in [2.05, 4.69) is 62.5 Å². The van der Waals surface area contributed by atoms with Crippen molar-refractivity contribution < 1.29 is 0 Å². The molecule has 2 nitrogen and oxygen atoms in total. The predicted octanol–water partition coefficient (Wildman–Crippen LogP) is 4.27. The van der Waals surface area contributed by atoms with E-state index in [0.717, 1.165) is 25.6 Å². The van der Waals surface area contributed by atoms with Crippen molar-refractivity contribution in [1.29, 1.82) is 0 Å². The molecule has 0 saturated heterocycles. The van der Waals surface area contributed by atoms with Gasteiger partial charge in [-0.3, -0.25) is 0 Å². The number of likely N-dealkylation sites (N-methyl/N-ethyl adjacent to an activating group) is 1. The Morgan fingerprint density at radius 1 is 1.29 bits per heavy atom. The second-order valence-corrected chi connectivity index (χ2v) is 7.83. The largest absolute Gasteiger partial charge is 0.316 e. The fraction of sp³-hybridized carbons (Fsp3) is 0.778. The predicted molar refractivity (Wildman–Crippen MR) is 96.2 cm³/mol. The molecular formula is C18H34N2S. The normalized spacial score (nSPS) is 12.5. The van der Waals surface area contributed by atoms with E-state index in [-0.39, 0.29) is 0 Å². The van der Waals surface area contributed by atoms with Crippen LogP contribution >= 0.6 is 11.3 Å². The maximum Gasteiger partial charge on any atom is 0.00579 e. The van der Waals surface area contributed by atoms with Gasteiger partial charge in [0.05, 0.1) is 0 Å². The van der Waals surface area contributed by atoms with E-state index in [4.69, 9.17) is 0 Å². The van der Waals surface area contributed by atoms with Gasteiger partial charge in [0.2, 0.25) is 0 Å². The minimum atomic E-state index is 0.416. The molecule has 0 aliphatic carbocycles. The van der Waals surface area contributed by atoms with Crippen molar-refractivity contribution >= 4 is 11.3 Å². The lowest BCUT2D eigenvalue weighted by Gasteiger charge is -2.36. The molecule has 21 heavy (non-hydrogen) atoms. The zero-order valence-electron chi connectivity index (χ0n) is 14.6. The summed E-state index contributed by atoms with van der Waals surface area (Å²) in [6, 6.07) is 4.40. The Hall–Kier alpha value is -0.380. The zero-order chi connectivity index (χ0) is 15.7. The highest BCUT2D eigenvalue weighted by atomic mass is 32.1. The van der Waals surface area contributed by atoms with Gasteiger partial charge in [0.25, 0.3) is 0 Å². The minimum Gasteiger partial charge on any atom is -0.316 e. The van der Waals surface area contributed by atoms with E-state index in [0.29, 0.717) is 5.41 Å². The Labute approximate surface area is 135 Å². The Morgan fingerprint density at radius 2 is 2.00 bits per heavy atom. The van der Waals surface area contributed by atoms with E-state index in [1.54, 1.807) is 0 Å².